The van der Waals surface area contributed by atoms with E-state index in [9.17, 15) is 0 Å². The fourth-order valence-electron chi connectivity index (χ4n) is 0.559. The molecule has 56 valence electrons. The second kappa shape index (κ2) is 2.58. The van der Waals surface area contributed by atoms with Crippen LogP contribution in [0.4, 0.5) is 0 Å². The van der Waals surface area contributed by atoms with Crippen LogP contribution >= 0.6 is 11.5 Å². The summed E-state index contributed by atoms with van der Waals surface area (Å²) in [5.41, 5.74) is -0.105. The summed E-state index contributed by atoms with van der Waals surface area (Å²) in [6.07, 6.45) is 1.74. The van der Waals surface area contributed by atoms with E-state index in [4.69, 9.17) is 4.74 Å². The van der Waals surface area contributed by atoms with Gasteiger partial charge in [-0.25, -0.2) is 0 Å². The standard InChI is InChI=1S/C7H11NOS/c1-7(2,3)9-6-4-5-8-10-6/h4-5H,1-3H3. The van der Waals surface area contributed by atoms with E-state index in [-0.39, 0.29) is 5.60 Å². The highest BCUT2D eigenvalue weighted by Crippen LogP contribution is 2.20. The molecule has 0 fully saturated rings. The monoisotopic (exact) mass is 157 g/mol. The fourth-order valence-corrected chi connectivity index (χ4v) is 1.19. The van der Waals surface area contributed by atoms with Crippen molar-refractivity contribution in [2.45, 2.75) is 26.4 Å². The van der Waals surface area contributed by atoms with Gasteiger partial charge >= 0.3 is 0 Å². The molecule has 0 amide bonds. The molecule has 0 N–H and O–H groups in total. The Morgan fingerprint density at radius 2 is 2.20 bits per heavy atom. The van der Waals surface area contributed by atoms with Gasteiger partial charge in [0.05, 0.1) is 0 Å². The van der Waals surface area contributed by atoms with Crippen LogP contribution in [-0.2, 0) is 0 Å². The smallest absolute Gasteiger partial charge is 0.193 e. The van der Waals surface area contributed by atoms with Gasteiger partial charge in [0.25, 0.3) is 0 Å². The van der Waals surface area contributed by atoms with E-state index < -0.39 is 0 Å². The second-order valence-electron chi connectivity index (χ2n) is 3.05. The van der Waals surface area contributed by atoms with Gasteiger partial charge in [-0.15, -0.1) is 0 Å². The van der Waals surface area contributed by atoms with Crippen LogP contribution in [-0.4, -0.2) is 9.97 Å². The number of aromatic nitrogens is 1. The highest BCUT2D eigenvalue weighted by atomic mass is 32.1. The molecule has 0 aliphatic carbocycles. The first-order valence-corrected chi connectivity index (χ1v) is 3.95. The van der Waals surface area contributed by atoms with Crippen molar-refractivity contribution in [3.05, 3.63) is 12.3 Å². The summed E-state index contributed by atoms with van der Waals surface area (Å²) in [7, 11) is 0. The van der Waals surface area contributed by atoms with E-state index in [0.29, 0.717) is 0 Å². The molecule has 1 aromatic heterocycles. The minimum absolute atomic E-state index is 0.105. The SMILES string of the molecule is CC(C)(C)Oc1ccns1. The molecule has 0 aliphatic heterocycles. The Balaban J connectivity index is 2.57. The zero-order chi connectivity index (χ0) is 7.61. The summed E-state index contributed by atoms with van der Waals surface area (Å²) >= 11 is 1.38. The largest absolute Gasteiger partial charge is 0.477 e. The Bertz CT molecular complexity index is 188. The zero-order valence-corrected chi connectivity index (χ0v) is 7.23. The molecule has 2 nitrogen and oxygen atoms in total. The Morgan fingerprint density at radius 1 is 1.50 bits per heavy atom. The minimum Gasteiger partial charge on any atom is -0.477 e. The lowest BCUT2D eigenvalue weighted by Gasteiger charge is -2.18. The van der Waals surface area contributed by atoms with Gasteiger partial charge in [-0.05, 0) is 20.8 Å². The molecule has 10 heavy (non-hydrogen) atoms. The van der Waals surface area contributed by atoms with Crippen LogP contribution in [0.1, 0.15) is 20.8 Å². The van der Waals surface area contributed by atoms with Crippen molar-refractivity contribution in [3.8, 4) is 5.06 Å². The molecule has 1 aromatic rings. The molecule has 0 saturated carbocycles. The number of rotatable bonds is 1. The van der Waals surface area contributed by atoms with Gasteiger partial charge in [-0.3, -0.25) is 0 Å². The summed E-state index contributed by atoms with van der Waals surface area (Å²) in [5.74, 6) is 0. The molecule has 0 aromatic carbocycles. The average molecular weight is 157 g/mol. The lowest BCUT2D eigenvalue weighted by Crippen LogP contribution is -2.22. The molecule has 1 rings (SSSR count). The second-order valence-corrected chi connectivity index (χ2v) is 3.84. The summed E-state index contributed by atoms with van der Waals surface area (Å²) < 4.78 is 9.42. The maximum atomic E-state index is 5.50. The van der Waals surface area contributed by atoms with Crippen LogP contribution in [0.25, 0.3) is 0 Å². The molecule has 1 heterocycles. The molecular weight excluding hydrogens is 146 g/mol. The Hall–Kier alpha value is -0.570. The van der Waals surface area contributed by atoms with Gasteiger partial charge in [0, 0.05) is 23.8 Å². The minimum atomic E-state index is -0.105. The number of nitrogens with zero attached hydrogens (tertiary/aromatic N) is 1. The molecule has 0 radical (unpaired) electrons. The van der Waals surface area contributed by atoms with Gasteiger partial charge in [0.1, 0.15) is 5.60 Å². The third kappa shape index (κ3) is 2.35. The first kappa shape index (κ1) is 7.54. The van der Waals surface area contributed by atoms with E-state index in [1.165, 1.54) is 11.5 Å². The summed E-state index contributed by atoms with van der Waals surface area (Å²) in [6, 6.07) is 1.87. The molecule has 3 heteroatoms. The molecule has 0 bridgehead atoms. The average Bonchev–Trinajstić information content (AvgIpc) is 2.12. The van der Waals surface area contributed by atoms with Crippen molar-refractivity contribution in [1.82, 2.24) is 4.37 Å². The molecular formula is C7H11NOS. The van der Waals surface area contributed by atoms with E-state index >= 15 is 0 Å². The van der Waals surface area contributed by atoms with Gasteiger partial charge < -0.3 is 4.74 Å². The van der Waals surface area contributed by atoms with Crippen molar-refractivity contribution < 1.29 is 4.74 Å². The first-order chi connectivity index (χ1) is 4.58. The Morgan fingerprint density at radius 3 is 2.60 bits per heavy atom. The topological polar surface area (TPSA) is 22.1 Å². The lowest BCUT2D eigenvalue weighted by molar-refractivity contribution is 0.136. The molecule has 0 unspecified atom stereocenters. The van der Waals surface area contributed by atoms with E-state index in [2.05, 4.69) is 4.37 Å². The predicted molar refractivity (Wildman–Crippen MR) is 42.5 cm³/mol. The highest BCUT2D eigenvalue weighted by Gasteiger charge is 2.11. The van der Waals surface area contributed by atoms with Crippen molar-refractivity contribution in [2.24, 2.45) is 0 Å². The maximum absolute atomic E-state index is 5.50. The Labute approximate surface area is 65.0 Å². The lowest BCUT2D eigenvalue weighted by atomic mass is 10.2. The van der Waals surface area contributed by atoms with Crippen LogP contribution < -0.4 is 4.74 Å². The number of hydrogen-bond acceptors (Lipinski definition) is 3. The van der Waals surface area contributed by atoms with Gasteiger partial charge in [-0.2, -0.15) is 4.37 Å². The summed E-state index contributed by atoms with van der Waals surface area (Å²) in [5, 5.41) is 0.882. The van der Waals surface area contributed by atoms with Crippen LogP contribution in [0.2, 0.25) is 0 Å². The third-order valence-corrected chi connectivity index (χ3v) is 1.45. The van der Waals surface area contributed by atoms with E-state index in [0.717, 1.165) is 5.06 Å². The first-order valence-electron chi connectivity index (χ1n) is 3.18. The molecule has 0 spiro atoms. The summed E-state index contributed by atoms with van der Waals surface area (Å²) in [4.78, 5) is 0. The highest BCUT2D eigenvalue weighted by molar-refractivity contribution is 7.07. The van der Waals surface area contributed by atoms with Crippen LogP contribution in [0.5, 0.6) is 5.06 Å². The fraction of sp³-hybridized carbons (Fsp3) is 0.571. The van der Waals surface area contributed by atoms with Gasteiger partial charge in [0.2, 0.25) is 0 Å². The third-order valence-electron chi connectivity index (χ3n) is 0.821. The molecule has 0 atom stereocenters. The van der Waals surface area contributed by atoms with Crippen molar-refractivity contribution >= 4 is 11.5 Å². The Kier molecular flexibility index (Phi) is 1.94. The predicted octanol–water partition coefficient (Wildman–Crippen LogP) is 2.32. The number of ether oxygens (including phenoxy) is 1. The van der Waals surface area contributed by atoms with E-state index in [1.54, 1.807) is 6.20 Å². The maximum Gasteiger partial charge on any atom is 0.193 e. The van der Waals surface area contributed by atoms with Crippen LogP contribution in [0, 0.1) is 0 Å². The van der Waals surface area contributed by atoms with Crippen molar-refractivity contribution in [2.75, 3.05) is 0 Å². The van der Waals surface area contributed by atoms with E-state index in [1.807, 2.05) is 26.8 Å². The van der Waals surface area contributed by atoms with Crippen LogP contribution in [0.15, 0.2) is 12.3 Å². The summed E-state index contributed by atoms with van der Waals surface area (Å²) in [6.45, 7) is 6.06. The van der Waals surface area contributed by atoms with Crippen molar-refractivity contribution in [3.63, 3.8) is 0 Å². The van der Waals surface area contributed by atoms with Gasteiger partial charge in [-0.1, -0.05) is 0 Å². The van der Waals surface area contributed by atoms with Crippen molar-refractivity contribution in [1.29, 1.82) is 0 Å². The molecule has 0 saturated heterocycles. The normalized spacial score (nSPS) is 11.5. The number of hydrogen-bond donors (Lipinski definition) is 0. The van der Waals surface area contributed by atoms with Crippen LogP contribution in [0.3, 0.4) is 0 Å². The zero-order valence-electron chi connectivity index (χ0n) is 6.42. The molecule has 0 aliphatic rings. The van der Waals surface area contributed by atoms with Gasteiger partial charge in [0.15, 0.2) is 5.06 Å². The quantitative estimate of drug-likeness (QED) is 0.624.